The molecule has 1 radical (unpaired) electrons. The van der Waals surface area contributed by atoms with Gasteiger partial charge in [0.1, 0.15) is 0 Å². The number of rotatable bonds is 9. The van der Waals surface area contributed by atoms with Gasteiger partial charge in [0.25, 0.3) is 0 Å². The molecule has 6 heteroatoms. The molecule has 0 amide bonds. The van der Waals surface area contributed by atoms with Gasteiger partial charge in [0, 0.05) is 38.0 Å². The van der Waals surface area contributed by atoms with Crippen LogP contribution in [0.1, 0.15) is 106 Å². The van der Waals surface area contributed by atoms with Crippen molar-refractivity contribution in [3.8, 4) is 11.3 Å². The minimum Gasteiger partial charge on any atom is -0.512 e. The molecule has 3 aromatic carbocycles. The third kappa shape index (κ3) is 9.45. The molecule has 1 N–H and O–H groups in total. The van der Waals surface area contributed by atoms with E-state index in [2.05, 4.69) is 96.1 Å². The predicted octanol–water partition coefficient (Wildman–Crippen LogP) is 11.2. The number of benzene rings is 3. The second kappa shape index (κ2) is 17.0. The predicted molar refractivity (Wildman–Crippen MR) is 201 cm³/mol. The molecule has 259 valence electrons. The number of nitrogens with zero attached hydrogens (tertiary/aromatic N) is 2. The molecule has 0 bridgehead atoms. The van der Waals surface area contributed by atoms with E-state index >= 15 is 0 Å². The van der Waals surface area contributed by atoms with Gasteiger partial charge in [-0.2, -0.15) is 0 Å². The van der Waals surface area contributed by atoms with E-state index in [0.29, 0.717) is 0 Å². The number of carbonyl (C=O) groups is 1. The Morgan fingerprint density at radius 2 is 1.48 bits per heavy atom. The molecule has 0 spiro atoms. The summed E-state index contributed by atoms with van der Waals surface area (Å²) in [4.78, 5) is 21.3. The normalized spacial score (nSPS) is 12.5. The fourth-order valence-corrected chi connectivity index (χ4v) is 9.94. The van der Waals surface area contributed by atoms with Gasteiger partial charge in [0.2, 0.25) is 0 Å². The average Bonchev–Trinajstić information content (AvgIpc) is 3.41. The van der Waals surface area contributed by atoms with E-state index in [1.54, 1.807) is 9.73 Å². The summed E-state index contributed by atoms with van der Waals surface area (Å²) in [5.41, 5.74) is 6.45. The van der Waals surface area contributed by atoms with Crippen molar-refractivity contribution in [1.29, 1.82) is 0 Å². The first-order valence-electron chi connectivity index (χ1n) is 17.3. The standard InChI is InChI=1S/C29H29N2Te.C13H24O2.Ir/c1-28(2,3)16-19-11-9-13-22-25-27(32-26(19)22)24(30-17-31-25)20-14-18-10-7-8-12-21(18)23(15-20)29(4,5)6;1-5-10(6-2)12(14)9-13(15)11(7-3)8-4;/h7-13,15,17H,16H2,1-6H3;9-11,14H,5-8H2,1-4H3;/q-1;;/b;12-9-;. The summed E-state index contributed by atoms with van der Waals surface area (Å²) < 4.78 is 2.90. The average molecular weight is 938 g/mol. The zero-order valence-electron chi connectivity index (χ0n) is 30.5. The number of hydrogen-bond donors (Lipinski definition) is 1. The van der Waals surface area contributed by atoms with Crippen molar-refractivity contribution in [3.05, 3.63) is 83.9 Å². The zero-order valence-corrected chi connectivity index (χ0v) is 35.2. The molecular formula is C42H53IrN2O2Te-. The molecule has 0 saturated carbocycles. The maximum Gasteiger partial charge on any atom is 0.162 e. The first-order chi connectivity index (χ1) is 22.2. The van der Waals surface area contributed by atoms with Crippen molar-refractivity contribution in [1.82, 2.24) is 9.97 Å². The molecule has 5 rings (SSSR count). The van der Waals surface area contributed by atoms with Crippen LogP contribution < -0.4 is 0 Å². The van der Waals surface area contributed by atoms with Gasteiger partial charge in [-0.3, -0.25) is 4.79 Å². The summed E-state index contributed by atoms with van der Waals surface area (Å²) >= 11 is -0.574. The smallest absolute Gasteiger partial charge is 0.162 e. The fraction of sp³-hybridized carbons (Fsp3) is 0.452. The number of aromatic nitrogens is 2. The van der Waals surface area contributed by atoms with Crippen molar-refractivity contribution in [2.75, 3.05) is 0 Å². The Morgan fingerprint density at radius 1 is 0.854 bits per heavy atom. The van der Waals surface area contributed by atoms with Crippen molar-refractivity contribution >= 4 is 54.7 Å². The van der Waals surface area contributed by atoms with Crippen LogP contribution >= 0.6 is 0 Å². The number of carbonyl (C=O) groups excluding carboxylic acids is 1. The SMILES string of the molecule is CC(C)(C)Cc1cccc2c1[te]c1c(-c3[c-]c4ccccc4c(C(C)(C)C)c3)ncnc12.CCC(CC)C(=O)/C=C(\O)C(CC)CC.[Ir]. The topological polar surface area (TPSA) is 63.1 Å². The van der Waals surface area contributed by atoms with Crippen LogP contribution in [-0.4, -0.2) is 41.3 Å². The van der Waals surface area contributed by atoms with Gasteiger partial charge in [0.15, 0.2) is 5.78 Å². The molecule has 0 fully saturated rings. The Hall–Kier alpha value is -2.35. The number of allylic oxidation sites excluding steroid dienone is 2. The quantitative estimate of drug-likeness (QED) is 0.0692. The Balaban J connectivity index is 0.000000334. The first kappa shape index (κ1) is 40.1. The van der Waals surface area contributed by atoms with Gasteiger partial charge in [-0.05, 0) is 25.7 Å². The Morgan fingerprint density at radius 3 is 2.08 bits per heavy atom. The van der Waals surface area contributed by atoms with E-state index in [1.165, 1.54) is 31.4 Å². The Labute approximate surface area is 311 Å². The third-order valence-electron chi connectivity index (χ3n) is 9.00. The summed E-state index contributed by atoms with van der Waals surface area (Å²) in [6.45, 7) is 21.9. The molecule has 0 unspecified atom stereocenters. The maximum atomic E-state index is 11.7. The third-order valence-corrected chi connectivity index (χ3v) is 12.6. The van der Waals surface area contributed by atoms with Gasteiger partial charge in [-0.15, -0.1) is 0 Å². The second-order valence-corrected chi connectivity index (χ2v) is 17.8. The van der Waals surface area contributed by atoms with Crippen LogP contribution in [0.3, 0.4) is 0 Å². The van der Waals surface area contributed by atoms with Crippen molar-refractivity contribution in [2.24, 2.45) is 17.3 Å². The number of aliphatic hydroxyl groups is 1. The molecule has 5 aromatic rings. The molecule has 0 aliphatic heterocycles. The molecule has 48 heavy (non-hydrogen) atoms. The van der Waals surface area contributed by atoms with Gasteiger partial charge in [-0.25, -0.2) is 0 Å². The molecule has 0 aliphatic carbocycles. The molecule has 0 aliphatic rings. The van der Waals surface area contributed by atoms with E-state index in [4.69, 9.17) is 9.97 Å². The monoisotopic (exact) mass is 940 g/mol. The van der Waals surface area contributed by atoms with Gasteiger partial charge < -0.3 is 5.11 Å². The van der Waals surface area contributed by atoms with Crippen LogP contribution in [0.4, 0.5) is 0 Å². The van der Waals surface area contributed by atoms with E-state index in [0.717, 1.165) is 54.3 Å². The summed E-state index contributed by atoms with van der Waals surface area (Å²) in [7, 11) is 0. The number of fused-ring (bicyclic) bond motifs is 4. The van der Waals surface area contributed by atoms with E-state index < -0.39 is 20.4 Å². The van der Waals surface area contributed by atoms with Crippen molar-refractivity contribution < 1.29 is 30.0 Å². The van der Waals surface area contributed by atoms with Crippen LogP contribution in [-0.2, 0) is 36.7 Å². The molecule has 2 aromatic heterocycles. The largest absolute Gasteiger partial charge is 0.512 e. The second-order valence-electron chi connectivity index (χ2n) is 14.9. The van der Waals surface area contributed by atoms with E-state index in [-0.39, 0.29) is 54.3 Å². The van der Waals surface area contributed by atoms with Gasteiger partial charge >= 0.3 is 201 Å². The van der Waals surface area contributed by atoms with Gasteiger partial charge in [-0.1, -0.05) is 27.7 Å². The summed E-state index contributed by atoms with van der Waals surface area (Å²) in [6.07, 6.45) is 7.74. The van der Waals surface area contributed by atoms with Crippen molar-refractivity contribution in [2.45, 2.75) is 107 Å². The summed E-state index contributed by atoms with van der Waals surface area (Å²) in [5, 5.41) is 13.5. The molecular weight excluding hydrogens is 884 g/mol. The molecule has 0 atom stereocenters. The number of ketones is 1. The Bertz CT molecular complexity index is 1870. The van der Waals surface area contributed by atoms with E-state index in [9.17, 15) is 9.90 Å². The van der Waals surface area contributed by atoms with Crippen LogP contribution in [0, 0.1) is 23.3 Å². The van der Waals surface area contributed by atoms with Gasteiger partial charge in [0.05, 0.1) is 5.76 Å². The minimum absolute atomic E-state index is 0. The summed E-state index contributed by atoms with van der Waals surface area (Å²) in [6, 6.07) is 21.4. The first-order valence-corrected chi connectivity index (χ1v) is 19.6. The molecule has 2 heterocycles. The van der Waals surface area contributed by atoms with Crippen molar-refractivity contribution in [3.63, 3.8) is 0 Å². The summed E-state index contributed by atoms with van der Waals surface area (Å²) in [5.74, 6) is 0.547. The van der Waals surface area contributed by atoms with Crippen LogP contribution in [0.2, 0.25) is 0 Å². The van der Waals surface area contributed by atoms with Crippen LogP contribution in [0.25, 0.3) is 39.7 Å². The Kier molecular flexibility index (Phi) is 14.2. The fourth-order valence-electron chi connectivity index (χ4n) is 6.32. The maximum absolute atomic E-state index is 11.7. The zero-order chi connectivity index (χ0) is 34.5. The van der Waals surface area contributed by atoms with Crippen LogP contribution in [0.15, 0.2) is 66.7 Å². The minimum atomic E-state index is -0.574. The molecule has 0 saturated heterocycles. The van der Waals surface area contributed by atoms with E-state index in [1.807, 2.05) is 27.7 Å². The number of hydrogen-bond acceptors (Lipinski definition) is 4. The number of aliphatic hydroxyl groups excluding tert-OH is 1. The van der Waals surface area contributed by atoms with Crippen LogP contribution in [0.5, 0.6) is 0 Å². The molecule has 4 nitrogen and oxygen atoms in total.